The molecule has 0 aliphatic rings. The van der Waals surface area contributed by atoms with Crippen molar-refractivity contribution in [1.82, 2.24) is 4.72 Å². The molecule has 2 N–H and O–H groups in total. The number of aliphatic hydroxyl groups is 1. The molecule has 88 valence electrons. The van der Waals surface area contributed by atoms with Crippen molar-refractivity contribution < 1.29 is 13.5 Å². The highest BCUT2D eigenvalue weighted by molar-refractivity contribution is 7.89. The van der Waals surface area contributed by atoms with Crippen molar-refractivity contribution in [3.8, 4) is 0 Å². The van der Waals surface area contributed by atoms with Crippen molar-refractivity contribution in [3.05, 3.63) is 42.5 Å². The topological polar surface area (TPSA) is 66.4 Å². The molecule has 1 rings (SSSR count). The van der Waals surface area contributed by atoms with E-state index in [9.17, 15) is 8.42 Å². The lowest BCUT2D eigenvalue weighted by Gasteiger charge is -2.12. The molecule has 0 aromatic heterocycles. The summed E-state index contributed by atoms with van der Waals surface area (Å²) in [5.41, 5.74) is 0.987. The summed E-state index contributed by atoms with van der Waals surface area (Å²) in [5.74, 6) is 0. The number of sulfonamides is 1. The maximum Gasteiger partial charge on any atom is 0.241 e. The molecule has 0 spiro atoms. The van der Waals surface area contributed by atoms with Crippen LogP contribution in [0.25, 0.3) is 0 Å². The molecule has 5 heteroatoms. The summed E-state index contributed by atoms with van der Waals surface area (Å²) < 4.78 is 25.9. The van der Waals surface area contributed by atoms with E-state index in [1.807, 2.05) is 6.92 Å². The first-order valence-electron chi connectivity index (χ1n) is 4.82. The second-order valence-electron chi connectivity index (χ2n) is 3.46. The van der Waals surface area contributed by atoms with E-state index in [1.54, 1.807) is 12.1 Å². The molecule has 0 amide bonds. The largest absolute Gasteiger partial charge is 0.394 e. The Bertz CT molecular complexity index is 451. The van der Waals surface area contributed by atoms with Gasteiger partial charge in [-0.25, -0.2) is 13.1 Å². The molecule has 1 aromatic rings. The molecule has 0 saturated heterocycles. The fourth-order valence-electron chi connectivity index (χ4n) is 1.14. The van der Waals surface area contributed by atoms with Crippen molar-refractivity contribution in [2.24, 2.45) is 0 Å². The van der Waals surface area contributed by atoms with Gasteiger partial charge < -0.3 is 5.11 Å². The third-order valence-electron chi connectivity index (χ3n) is 2.12. The Morgan fingerprint density at radius 3 is 2.44 bits per heavy atom. The van der Waals surface area contributed by atoms with E-state index < -0.39 is 16.1 Å². The van der Waals surface area contributed by atoms with E-state index in [2.05, 4.69) is 11.3 Å². The summed E-state index contributed by atoms with van der Waals surface area (Å²) in [6.07, 6.45) is 1.35. The molecule has 0 bridgehead atoms. The smallest absolute Gasteiger partial charge is 0.241 e. The first-order chi connectivity index (χ1) is 7.49. The van der Waals surface area contributed by atoms with Crippen LogP contribution >= 0.6 is 0 Å². The van der Waals surface area contributed by atoms with Gasteiger partial charge in [0.25, 0.3) is 0 Å². The third-order valence-corrected chi connectivity index (χ3v) is 3.62. The van der Waals surface area contributed by atoms with Crippen LogP contribution in [0.5, 0.6) is 0 Å². The molecule has 0 fully saturated rings. The van der Waals surface area contributed by atoms with Crippen molar-refractivity contribution in [2.45, 2.75) is 17.9 Å². The monoisotopic (exact) mass is 241 g/mol. The molecule has 1 aromatic carbocycles. The van der Waals surface area contributed by atoms with Crippen molar-refractivity contribution >= 4 is 10.0 Å². The lowest BCUT2D eigenvalue weighted by atomic mass is 10.2. The zero-order valence-electron chi connectivity index (χ0n) is 9.05. The number of hydrogen-bond donors (Lipinski definition) is 2. The molecule has 16 heavy (non-hydrogen) atoms. The minimum absolute atomic E-state index is 0.179. The van der Waals surface area contributed by atoms with Gasteiger partial charge in [0.1, 0.15) is 0 Å². The van der Waals surface area contributed by atoms with E-state index in [1.165, 1.54) is 18.2 Å². The lowest BCUT2D eigenvalue weighted by molar-refractivity contribution is 0.276. The van der Waals surface area contributed by atoms with Crippen molar-refractivity contribution in [1.29, 1.82) is 0 Å². The van der Waals surface area contributed by atoms with Crippen molar-refractivity contribution in [2.75, 3.05) is 6.61 Å². The van der Waals surface area contributed by atoms with E-state index in [-0.39, 0.29) is 11.5 Å². The average Bonchev–Trinajstić information content (AvgIpc) is 2.26. The van der Waals surface area contributed by atoms with Crippen LogP contribution in [0.15, 0.2) is 41.8 Å². The highest BCUT2D eigenvalue weighted by atomic mass is 32.2. The highest BCUT2D eigenvalue weighted by Gasteiger charge is 2.17. The Hall–Kier alpha value is -1.17. The van der Waals surface area contributed by atoms with Crippen LogP contribution < -0.4 is 4.72 Å². The zero-order valence-corrected chi connectivity index (χ0v) is 9.87. The van der Waals surface area contributed by atoms with Gasteiger partial charge in [0.05, 0.1) is 17.5 Å². The van der Waals surface area contributed by atoms with Gasteiger partial charge >= 0.3 is 0 Å². The molecule has 0 heterocycles. The summed E-state index contributed by atoms with van der Waals surface area (Å²) in [4.78, 5) is 0.179. The molecule has 0 saturated carbocycles. The number of nitrogens with one attached hydrogen (secondary N) is 1. The van der Waals surface area contributed by atoms with Gasteiger partial charge in [-0.3, -0.25) is 0 Å². The summed E-state index contributed by atoms with van der Waals surface area (Å²) in [6, 6.07) is 5.82. The van der Waals surface area contributed by atoms with Crippen LogP contribution in [-0.4, -0.2) is 26.2 Å². The molecule has 0 unspecified atom stereocenters. The second-order valence-corrected chi connectivity index (χ2v) is 5.17. The van der Waals surface area contributed by atoms with Crippen LogP contribution in [0.4, 0.5) is 0 Å². The van der Waals surface area contributed by atoms with E-state index in [4.69, 9.17) is 5.11 Å². The Labute approximate surface area is 95.7 Å². The standard InChI is InChI=1S/C11H15NO3S/c1-3-10(8-13)12-16(14,15)11-6-4-9(2)5-7-11/h3-7,10,12-13H,1,8H2,2H3/t10-/m0/s1. The molecule has 0 aliphatic heterocycles. The maximum atomic E-state index is 11.8. The van der Waals surface area contributed by atoms with Crippen LogP contribution in [0.1, 0.15) is 5.56 Å². The molecule has 1 atom stereocenters. The van der Waals surface area contributed by atoms with E-state index in [0.717, 1.165) is 5.56 Å². The number of hydrogen-bond acceptors (Lipinski definition) is 3. The first-order valence-corrected chi connectivity index (χ1v) is 6.30. The number of rotatable bonds is 5. The second kappa shape index (κ2) is 5.25. The normalized spacial score (nSPS) is 13.4. The van der Waals surface area contributed by atoms with E-state index in [0.29, 0.717) is 0 Å². The Morgan fingerprint density at radius 1 is 1.44 bits per heavy atom. The molecule has 0 radical (unpaired) electrons. The van der Waals surface area contributed by atoms with Crippen LogP contribution in [-0.2, 0) is 10.0 Å². The Morgan fingerprint density at radius 2 is 2.00 bits per heavy atom. The minimum atomic E-state index is -3.58. The van der Waals surface area contributed by atoms with Crippen LogP contribution in [0.3, 0.4) is 0 Å². The summed E-state index contributed by atoms with van der Waals surface area (Å²) in [6.45, 7) is 5.01. The minimum Gasteiger partial charge on any atom is -0.394 e. The quantitative estimate of drug-likeness (QED) is 0.750. The SMILES string of the molecule is C=C[C@@H](CO)NS(=O)(=O)c1ccc(C)cc1. The predicted molar refractivity (Wildman–Crippen MR) is 62.6 cm³/mol. The first kappa shape index (κ1) is 12.9. The number of aliphatic hydroxyl groups excluding tert-OH is 1. The third kappa shape index (κ3) is 3.16. The van der Waals surface area contributed by atoms with Gasteiger partial charge in [-0.15, -0.1) is 6.58 Å². The Balaban J connectivity index is 2.94. The van der Waals surface area contributed by atoms with Gasteiger partial charge in [0, 0.05) is 0 Å². The van der Waals surface area contributed by atoms with Gasteiger partial charge in [0.2, 0.25) is 10.0 Å². The van der Waals surface area contributed by atoms with Gasteiger partial charge in [-0.2, -0.15) is 0 Å². The number of benzene rings is 1. The predicted octanol–water partition coefficient (Wildman–Crippen LogP) is 0.820. The molecule has 0 aliphatic carbocycles. The molecular weight excluding hydrogens is 226 g/mol. The zero-order chi connectivity index (χ0) is 12.2. The molecular formula is C11H15NO3S. The summed E-state index contributed by atoms with van der Waals surface area (Å²) in [5, 5.41) is 8.88. The fraction of sp³-hybridized carbons (Fsp3) is 0.273. The van der Waals surface area contributed by atoms with Crippen LogP contribution in [0.2, 0.25) is 0 Å². The average molecular weight is 241 g/mol. The van der Waals surface area contributed by atoms with Gasteiger partial charge in [-0.1, -0.05) is 23.8 Å². The maximum absolute atomic E-state index is 11.8. The van der Waals surface area contributed by atoms with Crippen LogP contribution in [0, 0.1) is 6.92 Å². The summed E-state index contributed by atoms with van der Waals surface area (Å²) in [7, 11) is -3.58. The summed E-state index contributed by atoms with van der Waals surface area (Å²) >= 11 is 0. The van der Waals surface area contributed by atoms with Gasteiger partial charge in [0.15, 0.2) is 0 Å². The molecule has 4 nitrogen and oxygen atoms in total. The Kier molecular flexibility index (Phi) is 4.23. The van der Waals surface area contributed by atoms with Crippen molar-refractivity contribution in [3.63, 3.8) is 0 Å². The number of aryl methyl sites for hydroxylation is 1. The lowest BCUT2D eigenvalue weighted by Crippen LogP contribution is -2.35. The van der Waals surface area contributed by atoms with E-state index >= 15 is 0 Å². The highest BCUT2D eigenvalue weighted by Crippen LogP contribution is 2.10. The fourth-order valence-corrected chi connectivity index (χ4v) is 2.34. The van der Waals surface area contributed by atoms with Gasteiger partial charge in [-0.05, 0) is 19.1 Å².